The first kappa shape index (κ1) is 18.9. The van der Waals surface area contributed by atoms with E-state index < -0.39 is 11.5 Å². The van der Waals surface area contributed by atoms with E-state index in [0.717, 1.165) is 17.7 Å². The Kier molecular flexibility index (Phi) is 4.08. The molecule has 2 atom stereocenters. The predicted molar refractivity (Wildman–Crippen MR) is 110 cm³/mol. The van der Waals surface area contributed by atoms with Crippen molar-refractivity contribution in [2.75, 3.05) is 25.0 Å². The van der Waals surface area contributed by atoms with Gasteiger partial charge in [0.25, 0.3) is 0 Å². The number of rotatable bonds is 3. The average molecular weight is 425 g/mol. The number of aliphatic imine (C=N–C) groups is 1. The van der Waals surface area contributed by atoms with Gasteiger partial charge in [-0.3, -0.25) is 9.69 Å². The molecule has 0 unspecified atom stereocenters. The van der Waals surface area contributed by atoms with Crippen molar-refractivity contribution in [1.82, 2.24) is 14.9 Å². The minimum atomic E-state index is -0.918. The van der Waals surface area contributed by atoms with Crippen LogP contribution in [-0.4, -0.2) is 46.9 Å². The number of fused-ring (bicyclic) bond motifs is 1. The van der Waals surface area contributed by atoms with Crippen molar-refractivity contribution in [2.45, 2.75) is 31.2 Å². The van der Waals surface area contributed by atoms with Crippen molar-refractivity contribution >= 4 is 29.2 Å². The fourth-order valence-corrected chi connectivity index (χ4v) is 5.27. The van der Waals surface area contributed by atoms with Crippen LogP contribution < -0.4 is 10.6 Å². The fourth-order valence-electron chi connectivity index (χ4n) is 4.28. The topological polar surface area (TPSA) is 112 Å². The van der Waals surface area contributed by atoms with E-state index in [0.29, 0.717) is 35.3 Å². The lowest BCUT2D eigenvalue weighted by molar-refractivity contribution is -0.132. The number of hydrogen-bond donors (Lipinski definition) is 1. The Balaban J connectivity index is 1.61. The Bertz CT molecular complexity index is 1130. The molecule has 2 aliphatic heterocycles. The molecule has 0 spiro atoms. The first-order valence-electron chi connectivity index (χ1n) is 9.76. The van der Waals surface area contributed by atoms with Crippen molar-refractivity contribution in [3.8, 4) is 6.07 Å². The van der Waals surface area contributed by atoms with Gasteiger partial charge in [-0.15, -0.1) is 11.3 Å². The van der Waals surface area contributed by atoms with E-state index in [1.807, 2.05) is 11.0 Å². The van der Waals surface area contributed by atoms with Crippen LogP contribution in [0.4, 0.5) is 10.3 Å². The van der Waals surface area contributed by atoms with Crippen LogP contribution in [0.15, 0.2) is 17.1 Å². The number of anilines is 1. The number of carbonyl (C=O) groups is 1. The van der Waals surface area contributed by atoms with E-state index >= 15 is 0 Å². The zero-order valence-electron chi connectivity index (χ0n) is 16.6. The average Bonchev–Trinajstić information content (AvgIpc) is 3.31. The van der Waals surface area contributed by atoms with Gasteiger partial charge in [0.2, 0.25) is 11.9 Å². The largest absolute Gasteiger partial charge is 0.369 e. The molecule has 5 rings (SSSR count). The Hall–Kier alpha value is -3.06. The molecular weight excluding hydrogens is 405 g/mol. The standard InChI is InChI=1S/C20H20FN7OS/c1-10-15(21)16(11-3-4-11)25-19(24-10)28-8-13-17(29)27(2)18(23)26-20(13,9-28)14-6-5-12(7-22)30-14/h5-6,11,13H,3-4,8-9H2,1-2H3,(H2,23,26)/t13-,20-/m0/s1. The van der Waals surface area contributed by atoms with Crippen molar-refractivity contribution in [1.29, 1.82) is 5.26 Å². The summed E-state index contributed by atoms with van der Waals surface area (Å²) in [5.74, 6) is -0.300. The molecule has 4 heterocycles. The summed E-state index contributed by atoms with van der Waals surface area (Å²) in [4.78, 5) is 31.4. The highest BCUT2D eigenvalue weighted by atomic mass is 32.1. The first-order valence-corrected chi connectivity index (χ1v) is 10.6. The molecule has 2 aromatic rings. The van der Waals surface area contributed by atoms with Crippen LogP contribution in [0.5, 0.6) is 0 Å². The maximum Gasteiger partial charge on any atom is 0.236 e. The van der Waals surface area contributed by atoms with Gasteiger partial charge in [0, 0.05) is 24.4 Å². The summed E-state index contributed by atoms with van der Waals surface area (Å²) in [6.07, 6.45) is 1.85. The van der Waals surface area contributed by atoms with Crippen LogP contribution in [0.2, 0.25) is 0 Å². The second-order valence-corrected chi connectivity index (χ2v) is 9.17. The maximum absolute atomic E-state index is 14.5. The molecule has 30 heavy (non-hydrogen) atoms. The van der Waals surface area contributed by atoms with Gasteiger partial charge in [-0.05, 0) is 31.9 Å². The normalized spacial score (nSPS) is 25.9. The van der Waals surface area contributed by atoms with Crippen LogP contribution >= 0.6 is 11.3 Å². The van der Waals surface area contributed by atoms with Crippen LogP contribution in [0.1, 0.15) is 39.9 Å². The molecule has 0 radical (unpaired) electrons. The molecule has 154 valence electrons. The summed E-state index contributed by atoms with van der Waals surface area (Å²) in [7, 11) is 1.60. The fraction of sp³-hybridized carbons (Fsp3) is 0.450. The maximum atomic E-state index is 14.5. The van der Waals surface area contributed by atoms with Crippen LogP contribution in [-0.2, 0) is 10.3 Å². The minimum Gasteiger partial charge on any atom is -0.369 e. The van der Waals surface area contributed by atoms with Gasteiger partial charge in [-0.2, -0.15) is 5.26 Å². The number of carbonyl (C=O) groups excluding carboxylic acids is 1. The lowest BCUT2D eigenvalue weighted by atomic mass is 9.84. The molecular formula is C20H20FN7OS. The molecule has 3 aliphatic rings. The summed E-state index contributed by atoms with van der Waals surface area (Å²) in [5, 5.41) is 9.27. The van der Waals surface area contributed by atoms with E-state index in [2.05, 4.69) is 16.0 Å². The molecule has 2 N–H and O–H groups in total. The molecule has 2 aromatic heterocycles. The molecule has 10 heteroatoms. The monoisotopic (exact) mass is 425 g/mol. The smallest absolute Gasteiger partial charge is 0.236 e. The number of guanidine groups is 1. The summed E-state index contributed by atoms with van der Waals surface area (Å²) < 4.78 is 14.5. The first-order chi connectivity index (χ1) is 14.3. The number of nitrogens with zero attached hydrogens (tertiary/aromatic N) is 6. The number of nitrogens with two attached hydrogens (primary N) is 1. The molecule has 1 saturated heterocycles. The zero-order chi connectivity index (χ0) is 21.2. The van der Waals surface area contributed by atoms with Gasteiger partial charge in [0.05, 0.1) is 23.9 Å². The Labute approximate surface area is 176 Å². The molecule has 2 fully saturated rings. The van der Waals surface area contributed by atoms with Crippen LogP contribution in [0.3, 0.4) is 0 Å². The van der Waals surface area contributed by atoms with Crippen molar-refractivity contribution in [3.63, 3.8) is 0 Å². The van der Waals surface area contributed by atoms with E-state index in [1.165, 1.54) is 16.2 Å². The van der Waals surface area contributed by atoms with Gasteiger partial charge < -0.3 is 10.6 Å². The Morgan fingerprint density at radius 1 is 1.37 bits per heavy atom. The summed E-state index contributed by atoms with van der Waals surface area (Å²) in [6, 6.07) is 5.70. The van der Waals surface area contributed by atoms with Gasteiger partial charge in [0.15, 0.2) is 11.8 Å². The van der Waals surface area contributed by atoms with Gasteiger partial charge in [0.1, 0.15) is 16.5 Å². The molecule has 1 saturated carbocycles. The zero-order valence-corrected chi connectivity index (χ0v) is 17.4. The van der Waals surface area contributed by atoms with Gasteiger partial charge in [-0.25, -0.2) is 19.4 Å². The molecule has 8 nitrogen and oxygen atoms in total. The number of amides is 1. The SMILES string of the molecule is Cc1nc(N2C[C@H]3C(=O)N(C)C(N)=N[C@@]3(c3ccc(C#N)s3)C2)nc(C2CC2)c1F. The third-order valence-corrected chi connectivity index (χ3v) is 7.27. The van der Waals surface area contributed by atoms with Gasteiger partial charge in [-0.1, -0.05) is 0 Å². The van der Waals surface area contributed by atoms with E-state index in [-0.39, 0.29) is 23.6 Å². The second kappa shape index (κ2) is 6.47. The molecule has 1 aliphatic carbocycles. The lowest BCUT2D eigenvalue weighted by Crippen LogP contribution is -2.54. The van der Waals surface area contributed by atoms with Crippen LogP contribution in [0, 0.1) is 30.0 Å². The number of halogens is 1. The summed E-state index contributed by atoms with van der Waals surface area (Å²) >= 11 is 1.31. The van der Waals surface area contributed by atoms with E-state index in [1.54, 1.807) is 20.0 Å². The van der Waals surface area contributed by atoms with Crippen LogP contribution in [0.25, 0.3) is 0 Å². The van der Waals surface area contributed by atoms with Crippen molar-refractivity contribution in [3.05, 3.63) is 39.1 Å². The summed E-state index contributed by atoms with van der Waals surface area (Å²) in [6.45, 7) is 2.31. The predicted octanol–water partition coefficient (Wildman–Crippen LogP) is 1.85. The molecule has 0 bridgehead atoms. The highest BCUT2D eigenvalue weighted by molar-refractivity contribution is 7.12. The third-order valence-electron chi connectivity index (χ3n) is 6.12. The van der Waals surface area contributed by atoms with E-state index in [9.17, 15) is 14.4 Å². The van der Waals surface area contributed by atoms with Crippen molar-refractivity contribution in [2.24, 2.45) is 16.6 Å². The summed E-state index contributed by atoms with van der Waals surface area (Å²) in [5.41, 5.74) is 5.92. The van der Waals surface area contributed by atoms with E-state index in [4.69, 9.17) is 10.7 Å². The Morgan fingerprint density at radius 3 is 2.80 bits per heavy atom. The number of nitriles is 1. The number of thiophene rings is 1. The van der Waals surface area contributed by atoms with Crippen molar-refractivity contribution < 1.29 is 9.18 Å². The molecule has 1 amide bonds. The number of aromatic nitrogens is 2. The number of aryl methyl sites for hydroxylation is 1. The quantitative estimate of drug-likeness (QED) is 0.803. The Morgan fingerprint density at radius 2 is 2.13 bits per heavy atom. The molecule has 0 aromatic carbocycles. The third kappa shape index (κ3) is 2.69. The van der Waals surface area contributed by atoms with Gasteiger partial charge >= 0.3 is 0 Å². The minimum absolute atomic E-state index is 0.139. The number of hydrogen-bond acceptors (Lipinski definition) is 8. The lowest BCUT2D eigenvalue weighted by Gasteiger charge is -2.36. The second-order valence-electron chi connectivity index (χ2n) is 8.08. The highest BCUT2D eigenvalue weighted by Gasteiger charge is 2.56. The highest BCUT2D eigenvalue weighted by Crippen LogP contribution is 2.47.